The van der Waals surface area contributed by atoms with Crippen molar-refractivity contribution in [2.24, 2.45) is 10.9 Å². The van der Waals surface area contributed by atoms with Gasteiger partial charge in [-0.2, -0.15) is 0 Å². The van der Waals surface area contributed by atoms with Crippen molar-refractivity contribution in [1.82, 2.24) is 16.0 Å². The monoisotopic (exact) mass is 320 g/mol. The summed E-state index contributed by atoms with van der Waals surface area (Å²) in [6.45, 7) is 8.81. The van der Waals surface area contributed by atoms with Gasteiger partial charge in [0.1, 0.15) is 12.4 Å². The minimum absolute atomic E-state index is 0.000442. The SMILES string of the molecule is CCNC(=NCCNC(=O)C(C)C)NCCOc1ccccc1. The van der Waals surface area contributed by atoms with Crippen LogP contribution < -0.4 is 20.7 Å². The summed E-state index contributed by atoms with van der Waals surface area (Å²) >= 11 is 0. The van der Waals surface area contributed by atoms with E-state index in [0.29, 0.717) is 26.2 Å². The smallest absolute Gasteiger partial charge is 0.222 e. The molecule has 1 amide bonds. The molecule has 128 valence electrons. The fraction of sp³-hybridized carbons (Fsp3) is 0.529. The fourth-order valence-corrected chi connectivity index (χ4v) is 1.75. The Morgan fingerprint density at radius 3 is 2.52 bits per heavy atom. The molecule has 0 saturated carbocycles. The fourth-order valence-electron chi connectivity index (χ4n) is 1.75. The molecular weight excluding hydrogens is 292 g/mol. The lowest BCUT2D eigenvalue weighted by Crippen LogP contribution is -2.40. The van der Waals surface area contributed by atoms with Gasteiger partial charge in [-0.15, -0.1) is 0 Å². The molecule has 23 heavy (non-hydrogen) atoms. The van der Waals surface area contributed by atoms with Crippen LogP contribution >= 0.6 is 0 Å². The first-order chi connectivity index (χ1) is 11.1. The van der Waals surface area contributed by atoms with Crippen LogP contribution in [0.1, 0.15) is 20.8 Å². The molecule has 0 aliphatic carbocycles. The van der Waals surface area contributed by atoms with Crippen molar-refractivity contribution >= 4 is 11.9 Å². The zero-order valence-electron chi connectivity index (χ0n) is 14.3. The summed E-state index contributed by atoms with van der Waals surface area (Å²) < 4.78 is 5.62. The highest BCUT2D eigenvalue weighted by Crippen LogP contribution is 2.07. The van der Waals surface area contributed by atoms with Gasteiger partial charge in [-0.3, -0.25) is 9.79 Å². The zero-order valence-corrected chi connectivity index (χ0v) is 14.3. The molecule has 0 spiro atoms. The maximum Gasteiger partial charge on any atom is 0.222 e. The van der Waals surface area contributed by atoms with E-state index < -0.39 is 0 Å². The number of nitrogens with zero attached hydrogens (tertiary/aromatic N) is 1. The van der Waals surface area contributed by atoms with Crippen LogP contribution in [0.15, 0.2) is 35.3 Å². The van der Waals surface area contributed by atoms with E-state index >= 15 is 0 Å². The predicted octanol–water partition coefficient (Wildman–Crippen LogP) is 1.39. The first-order valence-corrected chi connectivity index (χ1v) is 8.11. The molecule has 0 saturated heterocycles. The lowest BCUT2D eigenvalue weighted by atomic mass is 10.2. The Kier molecular flexibility index (Phi) is 9.28. The van der Waals surface area contributed by atoms with Crippen LogP contribution in [0.4, 0.5) is 0 Å². The van der Waals surface area contributed by atoms with E-state index in [2.05, 4.69) is 20.9 Å². The van der Waals surface area contributed by atoms with Crippen LogP contribution in [-0.4, -0.2) is 44.7 Å². The molecule has 1 aromatic rings. The van der Waals surface area contributed by atoms with Gasteiger partial charge >= 0.3 is 0 Å². The third kappa shape index (κ3) is 8.70. The number of carbonyl (C=O) groups excluding carboxylic acids is 1. The summed E-state index contributed by atoms with van der Waals surface area (Å²) in [5.74, 6) is 1.63. The number of para-hydroxylation sites is 1. The minimum Gasteiger partial charge on any atom is -0.492 e. The normalized spacial score (nSPS) is 11.2. The van der Waals surface area contributed by atoms with Gasteiger partial charge < -0.3 is 20.7 Å². The Morgan fingerprint density at radius 2 is 1.87 bits per heavy atom. The van der Waals surface area contributed by atoms with Crippen molar-refractivity contribution < 1.29 is 9.53 Å². The molecule has 6 nitrogen and oxygen atoms in total. The summed E-state index contributed by atoms with van der Waals surface area (Å²) in [5.41, 5.74) is 0. The Morgan fingerprint density at radius 1 is 1.13 bits per heavy atom. The Balaban J connectivity index is 2.25. The predicted molar refractivity (Wildman–Crippen MR) is 93.8 cm³/mol. The van der Waals surface area contributed by atoms with Crippen molar-refractivity contribution in [2.75, 3.05) is 32.8 Å². The number of benzene rings is 1. The van der Waals surface area contributed by atoms with E-state index in [9.17, 15) is 4.79 Å². The third-order valence-electron chi connectivity index (χ3n) is 2.96. The van der Waals surface area contributed by atoms with Crippen molar-refractivity contribution in [1.29, 1.82) is 0 Å². The van der Waals surface area contributed by atoms with E-state index in [1.165, 1.54) is 0 Å². The maximum atomic E-state index is 11.5. The molecule has 6 heteroatoms. The minimum atomic E-state index is 0.000442. The molecule has 0 fully saturated rings. The summed E-state index contributed by atoms with van der Waals surface area (Å²) in [7, 11) is 0. The van der Waals surface area contributed by atoms with Gasteiger partial charge in [0.25, 0.3) is 0 Å². The number of nitrogens with one attached hydrogen (secondary N) is 3. The topological polar surface area (TPSA) is 74.8 Å². The molecule has 0 bridgehead atoms. The highest BCUT2D eigenvalue weighted by molar-refractivity contribution is 5.80. The van der Waals surface area contributed by atoms with Crippen LogP contribution in [-0.2, 0) is 4.79 Å². The molecule has 0 unspecified atom stereocenters. The van der Waals surface area contributed by atoms with E-state index in [-0.39, 0.29) is 11.8 Å². The van der Waals surface area contributed by atoms with Crippen LogP contribution in [0.25, 0.3) is 0 Å². The Hall–Kier alpha value is -2.24. The van der Waals surface area contributed by atoms with Gasteiger partial charge in [0.05, 0.1) is 13.1 Å². The molecule has 0 heterocycles. The van der Waals surface area contributed by atoms with Crippen LogP contribution in [0.5, 0.6) is 5.75 Å². The molecule has 0 radical (unpaired) electrons. The molecule has 0 aromatic heterocycles. The standard InChI is InChI=1S/C17H28N4O2/c1-4-18-17(20-11-10-19-16(22)14(2)3)21-12-13-23-15-8-6-5-7-9-15/h5-9,14H,4,10-13H2,1-3H3,(H,19,22)(H2,18,20,21). The molecule has 0 aliphatic heterocycles. The third-order valence-corrected chi connectivity index (χ3v) is 2.96. The van der Waals surface area contributed by atoms with Gasteiger partial charge in [0.15, 0.2) is 5.96 Å². The van der Waals surface area contributed by atoms with E-state index in [1.807, 2.05) is 51.1 Å². The molecule has 1 rings (SSSR count). The second kappa shape index (κ2) is 11.3. The number of ether oxygens (including phenoxy) is 1. The summed E-state index contributed by atoms with van der Waals surface area (Å²) in [5, 5.41) is 9.21. The maximum absolute atomic E-state index is 11.5. The number of rotatable bonds is 9. The zero-order chi connectivity index (χ0) is 16.9. The second-order valence-corrected chi connectivity index (χ2v) is 5.29. The summed E-state index contributed by atoms with van der Waals surface area (Å²) in [6, 6.07) is 9.70. The number of guanidine groups is 1. The quantitative estimate of drug-likeness (QED) is 0.365. The number of hydrogen-bond donors (Lipinski definition) is 3. The van der Waals surface area contributed by atoms with E-state index in [4.69, 9.17) is 4.74 Å². The highest BCUT2D eigenvalue weighted by Gasteiger charge is 2.04. The van der Waals surface area contributed by atoms with Gasteiger partial charge in [-0.25, -0.2) is 0 Å². The van der Waals surface area contributed by atoms with Crippen molar-refractivity contribution in [3.05, 3.63) is 30.3 Å². The Bertz CT molecular complexity index is 475. The number of carbonyl (C=O) groups is 1. The summed E-state index contributed by atoms with van der Waals surface area (Å²) in [4.78, 5) is 15.9. The number of aliphatic imine (C=N–C) groups is 1. The number of hydrogen-bond acceptors (Lipinski definition) is 3. The van der Waals surface area contributed by atoms with Gasteiger partial charge in [-0.1, -0.05) is 32.0 Å². The molecular formula is C17H28N4O2. The molecule has 0 atom stereocenters. The average Bonchev–Trinajstić information content (AvgIpc) is 2.55. The second-order valence-electron chi connectivity index (χ2n) is 5.29. The number of amides is 1. The molecule has 3 N–H and O–H groups in total. The van der Waals surface area contributed by atoms with Gasteiger partial charge in [0.2, 0.25) is 5.91 Å². The summed E-state index contributed by atoms with van der Waals surface area (Å²) in [6.07, 6.45) is 0. The molecule has 0 aliphatic rings. The van der Waals surface area contributed by atoms with E-state index in [1.54, 1.807) is 0 Å². The van der Waals surface area contributed by atoms with Crippen LogP contribution in [0, 0.1) is 5.92 Å². The lowest BCUT2D eigenvalue weighted by molar-refractivity contribution is -0.123. The molecule has 1 aromatic carbocycles. The van der Waals surface area contributed by atoms with Crippen LogP contribution in [0.3, 0.4) is 0 Å². The van der Waals surface area contributed by atoms with Crippen LogP contribution in [0.2, 0.25) is 0 Å². The van der Waals surface area contributed by atoms with Crippen molar-refractivity contribution in [3.8, 4) is 5.75 Å². The largest absolute Gasteiger partial charge is 0.492 e. The average molecular weight is 320 g/mol. The lowest BCUT2D eigenvalue weighted by Gasteiger charge is -2.12. The van der Waals surface area contributed by atoms with Crippen molar-refractivity contribution in [2.45, 2.75) is 20.8 Å². The highest BCUT2D eigenvalue weighted by atomic mass is 16.5. The first-order valence-electron chi connectivity index (χ1n) is 8.11. The van der Waals surface area contributed by atoms with Gasteiger partial charge in [-0.05, 0) is 19.1 Å². The van der Waals surface area contributed by atoms with Crippen molar-refractivity contribution in [3.63, 3.8) is 0 Å². The Labute approximate surface area is 138 Å². The first kappa shape index (κ1) is 18.8. The van der Waals surface area contributed by atoms with E-state index in [0.717, 1.165) is 18.3 Å². The van der Waals surface area contributed by atoms with Gasteiger partial charge in [0, 0.05) is 19.0 Å².